The largest absolute Gasteiger partial charge is 0.274 e. The van der Waals surface area contributed by atoms with Crippen LogP contribution in [0.15, 0.2) is 48.1 Å². The van der Waals surface area contributed by atoms with Gasteiger partial charge in [0.25, 0.3) is 0 Å². The maximum absolute atomic E-state index is 13.2. The lowest BCUT2D eigenvalue weighted by Crippen LogP contribution is -2.29. The Morgan fingerprint density at radius 2 is 2.04 bits per heavy atom. The number of H-pyrrole nitrogens is 1. The number of pyridine rings is 1. The lowest BCUT2D eigenvalue weighted by molar-refractivity contribution is -0.120. The van der Waals surface area contributed by atoms with Gasteiger partial charge in [-0.3, -0.25) is 14.8 Å². The fraction of sp³-hybridized carbons (Fsp3) is 0.250. The second-order valence-electron chi connectivity index (χ2n) is 7.20. The third kappa shape index (κ3) is 2.54. The Labute approximate surface area is 166 Å². The van der Waals surface area contributed by atoms with Gasteiger partial charge in [0.2, 0.25) is 5.91 Å². The summed E-state index contributed by atoms with van der Waals surface area (Å²) < 4.78 is 0. The molecule has 3 aromatic heterocycles. The van der Waals surface area contributed by atoms with Crippen LogP contribution in [0.4, 0.5) is 5.82 Å². The van der Waals surface area contributed by atoms with Crippen LogP contribution in [0.3, 0.4) is 0 Å². The fourth-order valence-corrected chi connectivity index (χ4v) is 4.22. The van der Waals surface area contributed by atoms with E-state index in [1.54, 1.807) is 29.6 Å². The number of aromatic nitrogens is 5. The van der Waals surface area contributed by atoms with Crippen LogP contribution in [-0.4, -0.2) is 31.3 Å². The normalized spacial score (nSPS) is 20.7. The molecule has 0 radical (unpaired) electrons. The monoisotopic (exact) mass is 392 g/mol. The van der Waals surface area contributed by atoms with E-state index in [0.717, 1.165) is 33.9 Å². The molecule has 1 amide bonds. The highest BCUT2D eigenvalue weighted by Crippen LogP contribution is 2.55. The van der Waals surface area contributed by atoms with Gasteiger partial charge >= 0.3 is 0 Å². The summed E-state index contributed by atoms with van der Waals surface area (Å²) in [4.78, 5) is 19.2. The lowest BCUT2D eigenvalue weighted by atomic mass is 9.94. The van der Waals surface area contributed by atoms with Crippen molar-refractivity contribution >= 4 is 23.3 Å². The predicted octanol–water partition coefficient (Wildman–Crippen LogP) is 3.33. The Bertz CT molecular complexity index is 1110. The van der Waals surface area contributed by atoms with E-state index in [9.17, 15) is 4.79 Å². The zero-order valence-electron chi connectivity index (χ0n) is 15.3. The Hall–Kier alpha value is -3.06. The zero-order valence-corrected chi connectivity index (χ0v) is 16.1. The smallest absolute Gasteiger partial charge is 0.236 e. The molecular weight excluding hydrogens is 376 g/mol. The van der Waals surface area contributed by atoms with Gasteiger partial charge in [0.15, 0.2) is 0 Å². The van der Waals surface area contributed by atoms with Crippen LogP contribution in [0.1, 0.15) is 18.1 Å². The highest BCUT2D eigenvalue weighted by atomic mass is 35.5. The summed E-state index contributed by atoms with van der Waals surface area (Å²) in [5.41, 5.74) is 5.91. The van der Waals surface area contributed by atoms with E-state index in [4.69, 9.17) is 11.6 Å². The van der Waals surface area contributed by atoms with Crippen molar-refractivity contribution < 1.29 is 4.79 Å². The zero-order chi connectivity index (χ0) is 19.4. The second kappa shape index (κ2) is 6.24. The molecule has 1 fully saturated rings. The van der Waals surface area contributed by atoms with E-state index in [-0.39, 0.29) is 17.7 Å². The molecule has 28 heavy (non-hydrogen) atoms. The third-order valence-corrected chi connectivity index (χ3v) is 5.80. The van der Waals surface area contributed by atoms with Crippen LogP contribution in [0.5, 0.6) is 0 Å². The number of amides is 1. The summed E-state index contributed by atoms with van der Waals surface area (Å²) in [5.74, 6) is 0.890. The standard InChI is InChI=1S/C20H17ClN6O/c1-10-16-14(7-12-3-4-15(21)22-8-12)20(28)27(18(10)16)19-11(2)17(25-26-19)13-5-6-23-24-9-13/h3-6,8-9,14,16H,7H2,1-2H3,(H,25,26)/t14-,16?/m1/s1. The van der Waals surface area contributed by atoms with Crippen molar-refractivity contribution in [2.75, 3.05) is 4.90 Å². The highest BCUT2D eigenvalue weighted by Gasteiger charge is 2.56. The maximum Gasteiger partial charge on any atom is 0.236 e. The quantitative estimate of drug-likeness (QED) is 0.688. The number of carbonyl (C=O) groups is 1. The number of nitrogens with zero attached hydrogens (tertiary/aromatic N) is 5. The Kier molecular flexibility index (Phi) is 3.80. The van der Waals surface area contributed by atoms with Crippen LogP contribution >= 0.6 is 11.6 Å². The number of hydrogen-bond acceptors (Lipinski definition) is 5. The fourth-order valence-electron chi connectivity index (χ4n) is 4.11. The minimum absolute atomic E-state index is 0.0895. The topological polar surface area (TPSA) is 87.7 Å². The summed E-state index contributed by atoms with van der Waals surface area (Å²) in [7, 11) is 0. The van der Waals surface area contributed by atoms with Crippen LogP contribution in [0.25, 0.3) is 11.3 Å². The first-order chi connectivity index (χ1) is 13.6. The summed E-state index contributed by atoms with van der Waals surface area (Å²) in [5, 5.41) is 15.7. The number of carbonyl (C=O) groups excluding carboxylic acids is 1. The molecule has 140 valence electrons. The summed E-state index contributed by atoms with van der Waals surface area (Å²) in [6.07, 6.45) is 5.68. The molecule has 1 aliphatic heterocycles. The van der Waals surface area contributed by atoms with Crippen molar-refractivity contribution in [1.82, 2.24) is 25.4 Å². The van der Waals surface area contributed by atoms with Gasteiger partial charge in [0, 0.05) is 28.9 Å². The molecule has 3 aromatic rings. The van der Waals surface area contributed by atoms with Crippen molar-refractivity contribution in [2.24, 2.45) is 11.8 Å². The molecule has 1 N–H and O–H groups in total. The van der Waals surface area contributed by atoms with Crippen LogP contribution in [0, 0.1) is 18.8 Å². The van der Waals surface area contributed by atoms with Gasteiger partial charge in [-0.2, -0.15) is 15.3 Å². The second-order valence-corrected chi connectivity index (χ2v) is 7.58. The number of allylic oxidation sites excluding steroid dienone is 2. The van der Waals surface area contributed by atoms with Crippen molar-refractivity contribution in [1.29, 1.82) is 0 Å². The van der Waals surface area contributed by atoms with Crippen molar-refractivity contribution in [3.8, 4) is 11.3 Å². The van der Waals surface area contributed by atoms with E-state index < -0.39 is 0 Å². The van der Waals surface area contributed by atoms with Crippen molar-refractivity contribution in [3.63, 3.8) is 0 Å². The number of hydrogen-bond donors (Lipinski definition) is 1. The summed E-state index contributed by atoms with van der Waals surface area (Å²) in [6, 6.07) is 5.54. The number of anilines is 1. The number of aromatic amines is 1. The molecule has 2 aliphatic rings. The Balaban J connectivity index is 1.46. The predicted molar refractivity (Wildman–Crippen MR) is 104 cm³/mol. The molecule has 5 rings (SSSR count). The lowest BCUT2D eigenvalue weighted by Gasteiger charge is -2.18. The number of fused-ring (bicyclic) bond motifs is 1. The first-order valence-electron chi connectivity index (χ1n) is 9.03. The molecule has 8 heteroatoms. The number of rotatable bonds is 4. The van der Waals surface area contributed by atoms with Gasteiger partial charge in [0.1, 0.15) is 11.0 Å². The molecule has 0 spiro atoms. The van der Waals surface area contributed by atoms with E-state index in [0.29, 0.717) is 11.6 Å². The number of halogens is 1. The molecular formula is C20H17ClN6O. The van der Waals surface area contributed by atoms with E-state index in [1.165, 1.54) is 5.57 Å². The third-order valence-electron chi connectivity index (χ3n) is 5.57. The molecule has 0 saturated carbocycles. The SMILES string of the molecule is CC1=C2C1[C@@H](Cc1ccc(Cl)nc1)C(=O)N2c1[nH]nc(-c2ccnnc2)c1C. The Morgan fingerprint density at radius 3 is 2.75 bits per heavy atom. The molecule has 1 aliphatic carbocycles. The van der Waals surface area contributed by atoms with Gasteiger partial charge in [0.05, 0.1) is 24.0 Å². The average Bonchev–Trinajstić information content (AvgIpc) is 3.04. The first-order valence-corrected chi connectivity index (χ1v) is 9.41. The van der Waals surface area contributed by atoms with Gasteiger partial charge in [-0.1, -0.05) is 17.7 Å². The van der Waals surface area contributed by atoms with Crippen molar-refractivity contribution in [2.45, 2.75) is 20.3 Å². The Morgan fingerprint density at radius 1 is 1.18 bits per heavy atom. The molecule has 0 aromatic carbocycles. The van der Waals surface area contributed by atoms with E-state index in [1.807, 2.05) is 19.1 Å². The van der Waals surface area contributed by atoms with E-state index >= 15 is 0 Å². The molecule has 2 atom stereocenters. The molecule has 0 bridgehead atoms. The van der Waals surface area contributed by atoms with Gasteiger partial charge in [-0.25, -0.2) is 4.98 Å². The average molecular weight is 393 g/mol. The minimum Gasteiger partial charge on any atom is -0.274 e. The molecule has 1 unspecified atom stereocenters. The van der Waals surface area contributed by atoms with Crippen LogP contribution in [0.2, 0.25) is 5.15 Å². The highest BCUT2D eigenvalue weighted by molar-refractivity contribution is 6.29. The first kappa shape index (κ1) is 17.1. The van der Waals surface area contributed by atoms with Gasteiger partial charge in [-0.15, -0.1) is 0 Å². The van der Waals surface area contributed by atoms with Gasteiger partial charge in [-0.05, 0) is 43.5 Å². The maximum atomic E-state index is 13.2. The van der Waals surface area contributed by atoms with Crippen LogP contribution in [-0.2, 0) is 11.2 Å². The molecule has 7 nitrogen and oxygen atoms in total. The molecule has 1 saturated heterocycles. The van der Waals surface area contributed by atoms with Crippen molar-refractivity contribution in [3.05, 3.63) is 64.3 Å². The molecule has 4 heterocycles. The van der Waals surface area contributed by atoms with Crippen LogP contribution < -0.4 is 4.90 Å². The van der Waals surface area contributed by atoms with E-state index in [2.05, 4.69) is 32.3 Å². The van der Waals surface area contributed by atoms with Gasteiger partial charge < -0.3 is 0 Å². The minimum atomic E-state index is -0.119. The summed E-state index contributed by atoms with van der Waals surface area (Å²) in [6.45, 7) is 4.05. The number of nitrogens with one attached hydrogen (secondary N) is 1. The summed E-state index contributed by atoms with van der Waals surface area (Å²) >= 11 is 5.88.